The number of benzene rings is 1. The van der Waals surface area contributed by atoms with E-state index >= 15 is 0 Å². The SMILES string of the molecule is O=C(O)C(F)c1ccc2c(c1)CCCO2. The van der Waals surface area contributed by atoms with Crippen molar-refractivity contribution in [2.75, 3.05) is 6.61 Å². The Kier molecular flexibility index (Phi) is 2.58. The number of hydrogen-bond donors (Lipinski definition) is 1. The van der Waals surface area contributed by atoms with Gasteiger partial charge in [-0.25, -0.2) is 9.18 Å². The summed E-state index contributed by atoms with van der Waals surface area (Å²) in [7, 11) is 0. The van der Waals surface area contributed by atoms with Crippen molar-refractivity contribution in [3.8, 4) is 5.75 Å². The molecule has 0 bridgehead atoms. The van der Waals surface area contributed by atoms with Gasteiger partial charge in [0.05, 0.1) is 6.61 Å². The molecule has 1 atom stereocenters. The lowest BCUT2D eigenvalue weighted by atomic mass is 10.0. The van der Waals surface area contributed by atoms with Gasteiger partial charge in [-0.2, -0.15) is 0 Å². The lowest BCUT2D eigenvalue weighted by molar-refractivity contribution is -0.143. The molecule has 2 rings (SSSR count). The van der Waals surface area contributed by atoms with Crippen LogP contribution in [0, 0.1) is 0 Å². The van der Waals surface area contributed by atoms with Crippen LogP contribution in [0.5, 0.6) is 5.75 Å². The fourth-order valence-corrected chi connectivity index (χ4v) is 1.68. The number of aryl methyl sites for hydroxylation is 1. The summed E-state index contributed by atoms with van der Waals surface area (Å²) in [6, 6.07) is 4.68. The predicted molar refractivity (Wildman–Crippen MR) is 51.7 cm³/mol. The van der Waals surface area contributed by atoms with E-state index in [-0.39, 0.29) is 5.56 Å². The minimum Gasteiger partial charge on any atom is -0.493 e. The maximum Gasteiger partial charge on any atom is 0.343 e. The molecule has 0 aromatic heterocycles. The van der Waals surface area contributed by atoms with Crippen LogP contribution in [-0.2, 0) is 11.2 Å². The highest BCUT2D eigenvalue weighted by atomic mass is 19.1. The van der Waals surface area contributed by atoms with E-state index in [9.17, 15) is 9.18 Å². The first-order valence-electron chi connectivity index (χ1n) is 4.81. The molecule has 1 unspecified atom stereocenters. The molecule has 1 aromatic carbocycles. The van der Waals surface area contributed by atoms with Crippen molar-refractivity contribution in [2.24, 2.45) is 0 Å². The van der Waals surface area contributed by atoms with E-state index in [1.54, 1.807) is 12.1 Å². The second-order valence-electron chi connectivity index (χ2n) is 3.52. The molecular weight excluding hydrogens is 199 g/mol. The standard InChI is InChI=1S/C11H11FO3/c12-10(11(13)14)8-3-4-9-7(6-8)2-1-5-15-9/h3-4,6,10H,1-2,5H2,(H,13,14). The first-order valence-corrected chi connectivity index (χ1v) is 4.81. The van der Waals surface area contributed by atoms with Crippen molar-refractivity contribution in [1.29, 1.82) is 0 Å². The lowest BCUT2D eigenvalue weighted by Crippen LogP contribution is -2.11. The second-order valence-corrected chi connectivity index (χ2v) is 3.52. The summed E-state index contributed by atoms with van der Waals surface area (Å²) in [5.74, 6) is -0.714. The summed E-state index contributed by atoms with van der Waals surface area (Å²) < 4.78 is 18.5. The summed E-state index contributed by atoms with van der Waals surface area (Å²) >= 11 is 0. The van der Waals surface area contributed by atoms with Crippen LogP contribution in [0.15, 0.2) is 18.2 Å². The predicted octanol–water partition coefficient (Wildman–Crippen LogP) is 2.11. The summed E-state index contributed by atoms with van der Waals surface area (Å²) in [4.78, 5) is 10.5. The molecule has 1 aliphatic rings. The molecule has 0 saturated heterocycles. The van der Waals surface area contributed by atoms with E-state index in [1.807, 2.05) is 0 Å². The molecule has 80 valence electrons. The number of carboxylic acid groups (broad SMARTS) is 1. The molecule has 1 aromatic rings. The van der Waals surface area contributed by atoms with E-state index in [0.29, 0.717) is 6.61 Å². The Bertz CT molecular complexity index is 389. The number of carbonyl (C=O) groups is 1. The van der Waals surface area contributed by atoms with Gasteiger partial charge >= 0.3 is 5.97 Å². The zero-order chi connectivity index (χ0) is 10.8. The van der Waals surface area contributed by atoms with Crippen LogP contribution in [-0.4, -0.2) is 17.7 Å². The van der Waals surface area contributed by atoms with Gasteiger partial charge in [0.2, 0.25) is 6.17 Å². The second kappa shape index (κ2) is 3.88. The van der Waals surface area contributed by atoms with Gasteiger partial charge in [0, 0.05) is 0 Å². The highest BCUT2D eigenvalue weighted by Crippen LogP contribution is 2.28. The van der Waals surface area contributed by atoms with Crippen molar-refractivity contribution in [2.45, 2.75) is 19.0 Å². The monoisotopic (exact) mass is 210 g/mol. The number of aliphatic carboxylic acids is 1. The smallest absolute Gasteiger partial charge is 0.343 e. The Balaban J connectivity index is 2.31. The van der Waals surface area contributed by atoms with Gasteiger partial charge < -0.3 is 9.84 Å². The maximum absolute atomic E-state index is 13.2. The molecule has 0 aliphatic carbocycles. The van der Waals surface area contributed by atoms with Crippen LogP contribution in [0.1, 0.15) is 23.7 Å². The topological polar surface area (TPSA) is 46.5 Å². The number of rotatable bonds is 2. The van der Waals surface area contributed by atoms with Crippen molar-refractivity contribution < 1.29 is 19.0 Å². The van der Waals surface area contributed by atoms with Gasteiger partial charge in [0.15, 0.2) is 0 Å². The molecule has 0 radical (unpaired) electrons. The van der Waals surface area contributed by atoms with E-state index in [4.69, 9.17) is 9.84 Å². The summed E-state index contributed by atoms with van der Waals surface area (Å²) in [6.07, 6.45) is -0.243. The number of alkyl halides is 1. The molecule has 1 N–H and O–H groups in total. The molecular formula is C11H11FO3. The summed E-state index contributed by atoms with van der Waals surface area (Å²) in [5.41, 5.74) is 1.08. The van der Waals surface area contributed by atoms with Gasteiger partial charge in [-0.05, 0) is 36.1 Å². The number of fused-ring (bicyclic) bond motifs is 1. The van der Waals surface area contributed by atoms with Gasteiger partial charge in [0.25, 0.3) is 0 Å². The minimum absolute atomic E-state index is 0.187. The van der Waals surface area contributed by atoms with Gasteiger partial charge in [-0.1, -0.05) is 6.07 Å². The van der Waals surface area contributed by atoms with Crippen molar-refractivity contribution in [1.82, 2.24) is 0 Å². The molecule has 0 spiro atoms. The van der Waals surface area contributed by atoms with E-state index in [1.165, 1.54) is 6.07 Å². The molecule has 0 amide bonds. The first-order chi connectivity index (χ1) is 7.18. The fraction of sp³-hybridized carbons (Fsp3) is 0.364. The van der Waals surface area contributed by atoms with Crippen molar-refractivity contribution >= 4 is 5.97 Å². The van der Waals surface area contributed by atoms with E-state index < -0.39 is 12.1 Å². The normalized spacial score (nSPS) is 16.3. The summed E-state index contributed by atoms with van der Waals surface area (Å²) in [5, 5.41) is 8.53. The fourth-order valence-electron chi connectivity index (χ4n) is 1.68. The zero-order valence-electron chi connectivity index (χ0n) is 8.07. The number of halogens is 1. The van der Waals surface area contributed by atoms with Gasteiger partial charge in [-0.15, -0.1) is 0 Å². The van der Waals surface area contributed by atoms with Crippen molar-refractivity contribution in [3.05, 3.63) is 29.3 Å². The highest BCUT2D eigenvalue weighted by Gasteiger charge is 2.20. The molecule has 15 heavy (non-hydrogen) atoms. The molecule has 3 nitrogen and oxygen atoms in total. The summed E-state index contributed by atoms with van der Waals surface area (Å²) in [6.45, 7) is 0.671. The van der Waals surface area contributed by atoms with E-state index in [0.717, 1.165) is 24.2 Å². The van der Waals surface area contributed by atoms with Crippen LogP contribution in [0.2, 0.25) is 0 Å². The quantitative estimate of drug-likeness (QED) is 0.813. The lowest BCUT2D eigenvalue weighted by Gasteiger charge is -2.18. The van der Waals surface area contributed by atoms with Crippen LogP contribution in [0.25, 0.3) is 0 Å². The average Bonchev–Trinajstić information content (AvgIpc) is 2.27. The molecule has 1 aliphatic heterocycles. The third-order valence-electron chi connectivity index (χ3n) is 2.44. The zero-order valence-corrected chi connectivity index (χ0v) is 8.07. The van der Waals surface area contributed by atoms with Gasteiger partial charge in [-0.3, -0.25) is 0 Å². The number of hydrogen-bond acceptors (Lipinski definition) is 2. The molecule has 0 fully saturated rings. The van der Waals surface area contributed by atoms with Crippen LogP contribution < -0.4 is 4.74 Å². The Hall–Kier alpha value is -1.58. The Labute approximate surface area is 86.5 Å². The largest absolute Gasteiger partial charge is 0.493 e. The third kappa shape index (κ3) is 1.93. The Morgan fingerprint density at radius 2 is 2.33 bits per heavy atom. The molecule has 4 heteroatoms. The maximum atomic E-state index is 13.2. The average molecular weight is 210 g/mol. The highest BCUT2D eigenvalue weighted by molar-refractivity contribution is 5.74. The first kappa shape index (κ1) is 9.96. The van der Waals surface area contributed by atoms with Gasteiger partial charge in [0.1, 0.15) is 5.75 Å². The molecule has 1 heterocycles. The molecule has 0 saturated carbocycles. The van der Waals surface area contributed by atoms with E-state index in [2.05, 4.69) is 0 Å². The third-order valence-corrected chi connectivity index (χ3v) is 2.44. The minimum atomic E-state index is -1.95. The van der Waals surface area contributed by atoms with Crippen LogP contribution in [0.3, 0.4) is 0 Å². The number of ether oxygens (including phenoxy) is 1. The van der Waals surface area contributed by atoms with Crippen LogP contribution >= 0.6 is 0 Å². The van der Waals surface area contributed by atoms with Crippen LogP contribution in [0.4, 0.5) is 4.39 Å². The number of carboxylic acids is 1. The Morgan fingerprint density at radius 1 is 1.53 bits per heavy atom. The Morgan fingerprint density at radius 3 is 3.07 bits per heavy atom. The van der Waals surface area contributed by atoms with Crippen molar-refractivity contribution in [3.63, 3.8) is 0 Å².